The molecule has 0 saturated heterocycles. The van der Waals surface area contributed by atoms with E-state index in [1.807, 2.05) is 18.2 Å². The predicted octanol–water partition coefficient (Wildman–Crippen LogP) is 13.7. The normalized spacial score (nSPS) is 12.9. The molecular formula is C55H35N3O. The van der Waals surface area contributed by atoms with E-state index >= 15 is 0 Å². The van der Waals surface area contributed by atoms with Gasteiger partial charge in [0.1, 0.15) is 11.3 Å². The van der Waals surface area contributed by atoms with Crippen molar-refractivity contribution in [2.75, 3.05) is 0 Å². The Morgan fingerprint density at radius 2 is 1.07 bits per heavy atom. The fourth-order valence-electron chi connectivity index (χ4n) is 9.62. The van der Waals surface area contributed by atoms with Crippen LogP contribution in [0.1, 0.15) is 22.3 Å². The van der Waals surface area contributed by atoms with E-state index in [2.05, 4.69) is 199 Å². The van der Waals surface area contributed by atoms with Crippen LogP contribution in [0.4, 0.5) is 0 Å². The second-order valence-electron chi connectivity index (χ2n) is 15.3. The molecule has 0 fully saturated rings. The molecule has 0 unspecified atom stereocenters. The first-order chi connectivity index (χ1) is 29.3. The lowest BCUT2D eigenvalue weighted by molar-refractivity contribution is 0.628. The zero-order chi connectivity index (χ0) is 38.9. The van der Waals surface area contributed by atoms with Crippen LogP contribution in [0.15, 0.2) is 217 Å². The lowest BCUT2D eigenvalue weighted by Gasteiger charge is -2.33. The Morgan fingerprint density at radius 3 is 1.86 bits per heavy atom. The minimum Gasteiger partial charge on any atom is -0.454 e. The smallest absolute Gasteiger partial charge is 0.160 e. The van der Waals surface area contributed by atoms with Crippen LogP contribution >= 0.6 is 0 Å². The Morgan fingerprint density at radius 1 is 0.441 bits per heavy atom. The molecular weight excluding hydrogens is 719 g/mol. The first-order valence-corrected chi connectivity index (χ1v) is 20.1. The van der Waals surface area contributed by atoms with E-state index in [0.717, 1.165) is 55.6 Å². The highest BCUT2D eigenvalue weighted by atomic mass is 16.3. The van der Waals surface area contributed by atoms with Gasteiger partial charge < -0.3 is 8.98 Å². The topological polar surface area (TPSA) is 43.9 Å². The molecule has 12 rings (SSSR count). The standard InChI is InChI=1S/C55H35N3O/c1-4-18-38(19-5-1)55(39-20-6-2-7-21-39)45-27-13-11-25-42(45)53-43(26-16-28-46(53)55)47-35-48(52-34-36-17-10-15-30-51(36)59-52)57-54(56-47)37-31-32-50-44(33-37)41-24-12-14-29-49(41)58(50)40-22-8-3-9-23-40/h1-35H. The predicted molar refractivity (Wildman–Crippen MR) is 240 cm³/mol. The third kappa shape index (κ3) is 5.03. The zero-order valence-corrected chi connectivity index (χ0v) is 32.0. The number of fused-ring (bicyclic) bond motifs is 7. The summed E-state index contributed by atoms with van der Waals surface area (Å²) in [5.41, 5.74) is 14.6. The molecule has 0 saturated carbocycles. The zero-order valence-electron chi connectivity index (χ0n) is 32.0. The average molecular weight is 754 g/mol. The highest BCUT2D eigenvalue weighted by Gasteiger charge is 2.46. The van der Waals surface area contributed by atoms with E-state index in [-0.39, 0.29) is 0 Å². The molecule has 4 heteroatoms. The van der Waals surface area contributed by atoms with Crippen molar-refractivity contribution in [1.82, 2.24) is 14.5 Å². The number of furan rings is 1. The van der Waals surface area contributed by atoms with Gasteiger partial charge in [-0.05, 0) is 88.0 Å². The molecule has 1 aliphatic carbocycles. The van der Waals surface area contributed by atoms with Crippen LogP contribution in [0.5, 0.6) is 0 Å². The number of hydrogen-bond donors (Lipinski definition) is 0. The van der Waals surface area contributed by atoms with Gasteiger partial charge in [0, 0.05) is 33.0 Å². The summed E-state index contributed by atoms with van der Waals surface area (Å²) in [4.78, 5) is 10.8. The van der Waals surface area contributed by atoms with Crippen molar-refractivity contribution in [3.8, 4) is 50.9 Å². The summed E-state index contributed by atoms with van der Waals surface area (Å²) in [5.74, 6) is 1.34. The highest BCUT2D eigenvalue weighted by Crippen LogP contribution is 2.58. The van der Waals surface area contributed by atoms with Crippen LogP contribution < -0.4 is 0 Å². The molecule has 3 heterocycles. The van der Waals surface area contributed by atoms with Crippen molar-refractivity contribution in [2.24, 2.45) is 0 Å². The van der Waals surface area contributed by atoms with Gasteiger partial charge >= 0.3 is 0 Å². The van der Waals surface area contributed by atoms with Gasteiger partial charge in [0.05, 0.1) is 22.1 Å². The second-order valence-corrected chi connectivity index (χ2v) is 15.3. The van der Waals surface area contributed by atoms with E-state index in [9.17, 15) is 0 Å². The molecule has 59 heavy (non-hydrogen) atoms. The van der Waals surface area contributed by atoms with E-state index in [1.165, 1.54) is 38.8 Å². The van der Waals surface area contributed by atoms with Gasteiger partial charge in [0.2, 0.25) is 0 Å². The average Bonchev–Trinajstić information content (AvgIpc) is 3.99. The lowest BCUT2D eigenvalue weighted by atomic mass is 9.67. The van der Waals surface area contributed by atoms with E-state index in [0.29, 0.717) is 11.6 Å². The molecule has 276 valence electrons. The van der Waals surface area contributed by atoms with Crippen molar-refractivity contribution in [3.05, 3.63) is 235 Å². The van der Waals surface area contributed by atoms with Gasteiger partial charge in [-0.25, -0.2) is 9.97 Å². The minimum absolute atomic E-state index is 0.528. The van der Waals surface area contributed by atoms with Crippen molar-refractivity contribution in [1.29, 1.82) is 0 Å². The van der Waals surface area contributed by atoms with Crippen LogP contribution in [0.25, 0.3) is 83.7 Å². The molecule has 0 radical (unpaired) electrons. The molecule has 0 amide bonds. The summed E-state index contributed by atoms with van der Waals surface area (Å²) < 4.78 is 8.86. The molecule has 0 N–H and O–H groups in total. The molecule has 0 atom stereocenters. The Bertz CT molecular complexity index is 3310. The monoisotopic (exact) mass is 753 g/mol. The Labute approximate surface area is 341 Å². The van der Waals surface area contributed by atoms with Crippen molar-refractivity contribution >= 4 is 32.8 Å². The number of nitrogens with zero attached hydrogens (tertiary/aromatic N) is 3. The second kappa shape index (κ2) is 13.1. The van der Waals surface area contributed by atoms with Gasteiger partial charge in [-0.1, -0.05) is 158 Å². The maximum Gasteiger partial charge on any atom is 0.160 e. The molecule has 11 aromatic rings. The number of benzene rings is 8. The summed E-state index contributed by atoms with van der Waals surface area (Å²) in [6.45, 7) is 0. The third-order valence-corrected chi connectivity index (χ3v) is 12.1. The van der Waals surface area contributed by atoms with Crippen LogP contribution in [-0.2, 0) is 5.41 Å². The van der Waals surface area contributed by atoms with Crippen molar-refractivity contribution < 1.29 is 4.42 Å². The molecule has 0 aliphatic heterocycles. The van der Waals surface area contributed by atoms with Crippen LogP contribution in [0, 0.1) is 0 Å². The summed E-state index contributed by atoms with van der Waals surface area (Å²) in [7, 11) is 0. The van der Waals surface area contributed by atoms with Gasteiger partial charge in [-0.15, -0.1) is 0 Å². The quantitative estimate of drug-likeness (QED) is 0.170. The fourth-order valence-corrected chi connectivity index (χ4v) is 9.62. The molecule has 3 aromatic heterocycles. The first-order valence-electron chi connectivity index (χ1n) is 20.1. The maximum absolute atomic E-state index is 6.52. The SMILES string of the molecule is c1ccc(-n2c3ccccc3c3cc(-c4nc(-c5cc6ccccc6o5)cc(-c5cccc6c5-c5ccccc5C6(c5ccccc5)c5ccccc5)n4)ccc32)cc1. The van der Waals surface area contributed by atoms with Crippen LogP contribution in [-0.4, -0.2) is 14.5 Å². The summed E-state index contributed by atoms with van der Waals surface area (Å²) >= 11 is 0. The van der Waals surface area contributed by atoms with E-state index < -0.39 is 5.41 Å². The molecule has 4 nitrogen and oxygen atoms in total. The van der Waals surface area contributed by atoms with E-state index in [4.69, 9.17) is 14.4 Å². The Hall–Kier alpha value is -7.82. The number of aromatic nitrogens is 3. The van der Waals surface area contributed by atoms with E-state index in [1.54, 1.807) is 0 Å². The molecule has 0 spiro atoms. The van der Waals surface area contributed by atoms with Gasteiger partial charge in [-0.2, -0.15) is 0 Å². The lowest BCUT2D eigenvalue weighted by Crippen LogP contribution is -2.28. The third-order valence-electron chi connectivity index (χ3n) is 12.1. The molecule has 8 aromatic carbocycles. The number of para-hydroxylation sites is 3. The summed E-state index contributed by atoms with van der Waals surface area (Å²) in [6, 6.07) is 75.5. The highest BCUT2D eigenvalue weighted by molar-refractivity contribution is 6.10. The number of rotatable bonds is 6. The summed E-state index contributed by atoms with van der Waals surface area (Å²) in [6.07, 6.45) is 0. The van der Waals surface area contributed by atoms with Gasteiger partial charge in [-0.3, -0.25) is 0 Å². The van der Waals surface area contributed by atoms with Crippen molar-refractivity contribution in [3.63, 3.8) is 0 Å². The van der Waals surface area contributed by atoms with Crippen LogP contribution in [0.2, 0.25) is 0 Å². The van der Waals surface area contributed by atoms with Gasteiger partial charge in [0.15, 0.2) is 11.6 Å². The molecule has 0 bridgehead atoms. The molecule has 1 aliphatic rings. The minimum atomic E-state index is -0.528. The Balaban J connectivity index is 1.12. The first kappa shape index (κ1) is 33.3. The summed E-state index contributed by atoms with van der Waals surface area (Å²) in [5, 5.41) is 3.35. The van der Waals surface area contributed by atoms with Gasteiger partial charge in [0.25, 0.3) is 0 Å². The maximum atomic E-state index is 6.52. The Kier molecular flexibility index (Phi) is 7.41. The largest absolute Gasteiger partial charge is 0.454 e. The van der Waals surface area contributed by atoms with Crippen LogP contribution in [0.3, 0.4) is 0 Å². The number of hydrogen-bond acceptors (Lipinski definition) is 3. The fraction of sp³-hybridized carbons (Fsp3) is 0.0182. The van der Waals surface area contributed by atoms with Crippen molar-refractivity contribution in [2.45, 2.75) is 5.41 Å².